The highest BCUT2D eigenvalue weighted by molar-refractivity contribution is 7.80. The van der Waals surface area contributed by atoms with Gasteiger partial charge in [-0.2, -0.15) is 0 Å². The van der Waals surface area contributed by atoms with Crippen molar-refractivity contribution in [3.05, 3.63) is 65.7 Å². The van der Waals surface area contributed by atoms with Gasteiger partial charge in [0.2, 0.25) is 0 Å². The molecule has 5 heteroatoms. The summed E-state index contributed by atoms with van der Waals surface area (Å²) in [6.45, 7) is 0. The van der Waals surface area contributed by atoms with E-state index in [1.165, 1.54) is 12.1 Å². The second-order valence-corrected chi connectivity index (χ2v) is 5.48. The highest BCUT2D eigenvalue weighted by Gasteiger charge is 2.19. The van der Waals surface area contributed by atoms with Gasteiger partial charge in [-0.1, -0.05) is 54.7 Å². The predicted octanol–water partition coefficient (Wildman–Crippen LogP) is 2.55. The number of phenols is 1. The number of benzene rings is 2. The van der Waals surface area contributed by atoms with E-state index in [9.17, 15) is 15.0 Å². The van der Waals surface area contributed by atoms with Gasteiger partial charge in [-0.25, -0.2) is 4.79 Å². The number of aliphatic carboxylic acids is 1. The van der Waals surface area contributed by atoms with Crippen LogP contribution >= 0.6 is 12.2 Å². The molecule has 0 radical (unpaired) electrons. The van der Waals surface area contributed by atoms with Crippen molar-refractivity contribution in [3.63, 3.8) is 0 Å². The Bertz CT molecular complexity index is 641. The first kappa shape index (κ1) is 16.0. The molecule has 2 rings (SSSR count). The maximum atomic E-state index is 11.4. The first-order valence-electron chi connectivity index (χ1n) is 6.88. The van der Waals surface area contributed by atoms with Gasteiger partial charge in [0, 0.05) is 12.8 Å². The lowest BCUT2D eigenvalue weighted by molar-refractivity contribution is -0.139. The third-order valence-corrected chi connectivity index (χ3v) is 3.48. The second kappa shape index (κ2) is 7.56. The van der Waals surface area contributed by atoms with E-state index in [0.717, 1.165) is 11.1 Å². The minimum atomic E-state index is -0.955. The number of hydrogen-bond donors (Lipinski definition) is 3. The van der Waals surface area contributed by atoms with Crippen molar-refractivity contribution in [2.75, 3.05) is 0 Å². The van der Waals surface area contributed by atoms with Crippen LogP contribution in [0.2, 0.25) is 0 Å². The Morgan fingerprint density at radius 3 is 2.27 bits per heavy atom. The molecule has 1 atom stereocenters. The first-order chi connectivity index (χ1) is 10.5. The van der Waals surface area contributed by atoms with Gasteiger partial charge in [0.15, 0.2) is 0 Å². The Morgan fingerprint density at radius 1 is 1.05 bits per heavy atom. The van der Waals surface area contributed by atoms with Crippen molar-refractivity contribution >= 4 is 23.2 Å². The predicted molar refractivity (Wildman–Crippen MR) is 89.1 cm³/mol. The van der Waals surface area contributed by atoms with E-state index < -0.39 is 12.0 Å². The molecule has 2 aromatic carbocycles. The molecule has 22 heavy (non-hydrogen) atoms. The summed E-state index contributed by atoms with van der Waals surface area (Å²) in [6.07, 6.45) is 0.806. The van der Waals surface area contributed by atoms with E-state index in [1.54, 1.807) is 12.1 Å². The van der Waals surface area contributed by atoms with Crippen LogP contribution < -0.4 is 5.32 Å². The van der Waals surface area contributed by atoms with E-state index in [-0.39, 0.29) is 5.75 Å². The zero-order valence-electron chi connectivity index (χ0n) is 11.9. The van der Waals surface area contributed by atoms with Gasteiger partial charge < -0.3 is 15.5 Å². The van der Waals surface area contributed by atoms with E-state index in [4.69, 9.17) is 12.2 Å². The van der Waals surface area contributed by atoms with Gasteiger partial charge >= 0.3 is 5.97 Å². The van der Waals surface area contributed by atoms with Crippen LogP contribution in [0.15, 0.2) is 54.6 Å². The topological polar surface area (TPSA) is 69.6 Å². The SMILES string of the molecule is O=C(O)[C@H](Cc1ccc(O)cc1)NC(=S)Cc1ccccc1. The molecule has 3 N–H and O–H groups in total. The average molecular weight is 315 g/mol. The number of hydrogen-bond acceptors (Lipinski definition) is 3. The molecule has 0 aromatic heterocycles. The number of phenolic OH excluding ortho intramolecular Hbond substituents is 1. The van der Waals surface area contributed by atoms with Crippen molar-refractivity contribution in [3.8, 4) is 5.75 Å². The summed E-state index contributed by atoms with van der Waals surface area (Å²) in [6, 6.07) is 15.3. The summed E-state index contributed by atoms with van der Waals surface area (Å²) in [5.74, 6) is -0.799. The quantitative estimate of drug-likeness (QED) is 0.715. The van der Waals surface area contributed by atoms with Crippen molar-refractivity contribution in [1.29, 1.82) is 0 Å². The summed E-state index contributed by atoms with van der Waals surface area (Å²) in [5, 5.41) is 21.5. The Labute approximate surface area is 134 Å². The minimum Gasteiger partial charge on any atom is -0.508 e. The number of carboxylic acid groups (broad SMARTS) is 1. The average Bonchev–Trinajstić information content (AvgIpc) is 2.49. The molecule has 0 aliphatic heterocycles. The van der Waals surface area contributed by atoms with Crippen LogP contribution in [0.5, 0.6) is 5.75 Å². The summed E-state index contributed by atoms with van der Waals surface area (Å²) in [5.41, 5.74) is 1.86. The van der Waals surface area contributed by atoms with Crippen LogP contribution in [0, 0.1) is 0 Å². The number of aromatic hydroxyl groups is 1. The van der Waals surface area contributed by atoms with Crippen LogP contribution in [0.1, 0.15) is 11.1 Å². The smallest absolute Gasteiger partial charge is 0.326 e. The number of carbonyl (C=O) groups is 1. The van der Waals surface area contributed by atoms with Gasteiger partial charge in [-0.3, -0.25) is 0 Å². The molecule has 0 unspecified atom stereocenters. The Hall–Kier alpha value is -2.40. The zero-order chi connectivity index (χ0) is 15.9. The van der Waals surface area contributed by atoms with Crippen molar-refractivity contribution in [2.45, 2.75) is 18.9 Å². The van der Waals surface area contributed by atoms with Crippen LogP contribution in [0.25, 0.3) is 0 Å². The highest BCUT2D eigenvalue weighted by Crippen LogP contribution is 2.12. The molecule has 0 amide bonds. The lowest BCUT2D eigenvalue weighted by Crippen LogP contribution is -2.42. The molecule has 0 aliphatic rings. The molecule has 2 aromatic rings. The van der Waals surface area contributed by atoms with Gasteiger partial charge in [0.05, 0.1) is 4.99 Å². The van der Waals surface area contributed by atoms with Gasteiger partial charge in [0.1, 0.15) is 11.8 Å². The molecule has 0 bridgehead atoms. The number of nitrogens with one attached hydrogen (secondary N) is 1. The molecule has 0 aliphatic carbocycles. The van der Waals surface area contributed by atoms with E-state index >= 15 is 0 Å². The lowest BCUT2D eigenvalue weighted by atomic mass is 10.1. The summed E-state index contributed by atoms with van der Waals surface area (Å²) in [7, 11) is 0. The number of rotatable bonds is 6. The Kier molecular flexibility index (Phi) is 5.49. The molecule has 0 saturated heterocycles. The molecule has 0 saturated carbocycles. The van der Waals surface area contributed by atoms with E-state index in [0.29, 0.717) is 17.8 Å². The van der Waals surface area contributed by atoms with Gasteiger partial charge in [-0.15, -0.1) is 0 Å². The fourth-order valence-electron chi connectivity index (χ4n) is 2.09. The van der Waals surface area contributed by atoms with Crippen molar-refractivity contribution in [1.82, 2.24) is 5.32 Å². The van der Waals surface area contributed by atoms with Crippen LogP contribution in [0.3, 0.4) is 0 Å². The largest absolute Gasteiger partial charge is 0.508 e. The first-order valence-corrected chi connectivity index (χ1v) is 7.29. The molecule has 0 spiro atoms. The zero-order valence-corrected chi connectivity index (χ0v) is 12.7. The fourth-order valence-corrected chi connectivity index (χ4v) is 2.40. The molecular weight excluding hydrogens is 298 g/mol. The summed E-state index contributed by atoms with van der Waals surface area (Å²) in [4.78, 5) is 11.9. The summed E-state index contributed by atoms with van der Waals surface area (Å²) >= 11 is 5.25. The van der Waals surface area contributed by atoms with Gasteiger partial charge in [-0.05, 0) is 23.3 Å². The molecular formula is C17H17NO3S. The maximum absolute atomic E-state index is 11.4. The number of thiocarbonyl (C=S) groups is 1. The van der Waals surface area contributed by atoms with Gasteiger partial charge in [0.25, 0.3) is 0 Å². The third kappa shape index (κ3) is 4.86. The normalized spacial score (nSPS) is 11.6. The van der Waals surface area contributed by atoms with Crippen LogP contribution in [-0.4, -0.2) is 27.2 Å². The van der Waals surface area contributed by atoms with Crippen molar-refractivity contribution in [2.24, 2.45) is 0 Å². The van der Waals surface area contributed by atoms with Crippen molar-refractivity contribution < 1.29 is 15.0 Å². The minimum absolute atomic E-state index is 0.156. The second-order valence-electron chi connectivity index (χ2n) is 4.99. The third-order valence-electron chi connectivity index (χ3n) is 3.22. The lowest BCUT2D eigenvalue weighted by Gasteiger charge is -2.16. The molecule has 0 heterocycles. The Balaban J connectivity index is 1.98. The monoisotopic (exact) mass is 315 g/mol. The number of carboxylic acids is 1. The maximum Gasteiger partial charge on any atom is 0.326 e. The molecule has 4 nitrogen and oxygen atoms in total. The standard InChI is InChI=1S/C17H17NO3S/c19-14-8-6-13(7-9-14)10-15(17(20)21)18-16(22)11-12-4-2-1-3-5-12/h1-9,15,19H,10-11H2,(H,18,22)(H,20,21)/t15-/m0/s1. The highest BCUT2D eigenvalue weighted by atomic mass is 32.1. The summed E-state index contributed by atoms with van der Waals surface area (Å²) < 4.78 is 0. The molecule has 0 fully saturated rings. The van der Waals surface area contributed by atoms with E-state index in [1.807, 2.05) is 30.3 Å². The fraction of sp³-hybridized carbons (Fsp3) is 0.176. The van der Waals surface area contributed by atoms with E-state index in [2.05, 4.69) is 5.32 Å². The van der Waals surface area contributed by atoms with Crippen LogP contribution in [0.4, 0.5) is 0 Å². The molecule has 114 valence electrons. The Morgan fingerprint density at radius 2 is 1.68 bits per heavy atom. The van der Waals surface area contributed by atoms with Crippen LogP contribution in [-0.2, 0) is 17.6 Å².